The molecule has 0 saturated carbocycles. The standard InChI is InChI=1S/C11H12BrNO4/c1-16-10(14)6-13-9-4-3-7(12)5-8(9)11(15)17-2/h3-5,13H,6H2,1-2H3. The van der Waals surface area contributed by atoms with Crippen LogP contribution in [0.15, 0.2) is 22.7 Å². The van der Waals surface area contributed by atoms with Crippen molar-refractivity contribution >= 4 is 33.6 Å². The van der Waals surface area contributed by atoms with Gasteiger partial charge in [-0.1, -0.05) is 15.9 Å². The minimum atomic E-state index is -0.473. The first kappa shape index (κ1) is 13.5. The maximum absolute atomic E-state index is 11.5. The number of halogens is 1. The number of rotatable bonds is 4. The van der Waals surface area contributed by atoms with E-state index in [4.69, 9.17) is 0 Å². The summed E-state index contributed by atoms with van der Waals surface area (Å²) in [5.41, 5.74) is 0.872. The van der Waals surface area contributed by atoms with Crippen LogP contribution in [-0.2, 0) is 14.3 Å². The minimum absolute atomic E-state index is 0.0118. The lowest BCUT2D eigenvalue weighted by molar-refractivity contribution is -0.138. The van der Waals surface area contributed by atoms with Crippen LogP contribution in [0.1, 0.15) is 10.4 Å². The molecular formula is C11H12BrNO4. The number of nitrogens with one attached hydrogen (secondary N) is 1. The lowest BCUT2D eigenvalue weighted by Gasteiger charge is -2.10. The highest BCUT2D eigenvalue weighted by atomic mass is 79.9. The highest BCUT2D eigenvalue weighted by Gasteiger charge is 2.13. The monoisotopic (exact) mass is 301 g/mol. The lowest BCUT2D eigenvalue weighted by atomic mass is 10.2. The molecule has 0 heterocycles. The van der Waals surface area contributed by atoms with Crippen LogP contribution in [0.2, 0.25) is 0 Å². The van der Waals surface area contributed by atoms with Gasteiger partial charge >= 0.3 is 11.9 Å². The predicted molar refractivity (Wildman–Crippen MR) is 66.0 cm³/mol. The number of hydrogen-bond acceptors (Lipinski definition) is 5. The number of carbonyl (C=O) groups excluding carboxylic acids is 2. The SMILES string of the molecule is COC(=O)CNc1ccc(Br)cc1C(=O)OC. The predicted octanol–water partition coefficient (Wildman–Crippen LogP) is 1.82. The average Bonchev–Trinajstić information content (AvgIpc) is 2.35. The maximum atomic E-state index is 11.5. The Bertz CT molecular complexity index is 433. The van der Waals surface area contributed by atoms with Gasteiger partial charge in [0, 0.05) is 10.2 Å². The molecule has 5 nitrogen and oxygen atoms in total. The summed E-state index contributed by atoms with van der Waals surface area (Å²) in [6, 6.07) is 5.05. The van der Waals surface area contributed by atoms with E-state index in [1.807, 2.05) is 0 Å². The molecule has 0 aliphatic heterocycles. The highest BCUT2D eigenvalue weighted by molar-refractivity contribution is 9.10. The molecule has 0 aromatic heterocycles. The third kappa shape index (κ3) is 3.74. The Labute approximate surface area is 107 Å². The van der Waals surface area contributed by atoms with Gasteiger partial charge in [-0.05, 0) is 18.2 Å². The number of hydrogen-bond donors (Lipinski definition) is 1. The van der Waals surface area contributed by atoms with Gasteiger partial charge in [0.1, 0.15) is 6.54 Å². The molecule has 0 unspecified atom stereocenters. The zero-order valence-corrected chi connectivity index (χ0v) is 11.0. The Morgan fingerprint density at radius 1 is 1.29 bits per heavy atom. The topological polar surface area (TPSA) is 64.6 Å². The number of anilines is 1. The number of ether oxygens (including phenoxy) is 2. The quantitative estimate of drug-likeness (QED) is 0.860. The minimum Gasteiger partial charge on any atom is -0.468 e. The molecule has 0 atom stereocenters. The van der Waals surface area contributed by atoms with Gasteiger partial charge in [0.15, 0.2) is 0 Å². The second-order valence-corrected chi connectivity index (χ2v) is 4.03. The first-order chi connectivity index (χ1) is 8.08. The molecular weight excluding hydrogens is 290 g/mol. The van der Waals surface area contributed by atoms with Crippen LogP contribution < -0.4 is 5.32 Å². The fourth-order valence-corrected chi connectivity index (χ4v) is 1.55. The van der Waals surface area contributed by atoms with Crippen molar-refractivity contribution in [3.63, 3.8) is 0 Å². The van der Waals surface area contributed by atoms with E-state index in [0.717, 1.165) is 4.47 Å². The van der Waals surface area contributed by atoms with Crippen molar-refractivity contribution in [3.8, 4) is 0 Å². The van der Waals surface area contributed by atoms with E-state index < -0.39 is 11.9 Å². The Balaban J connectivity index is 2.90. The molecule has 0 aliphatic rings. The van der Waals surface area contributed by atoms with Gasteiger partial charge in [-0.2, -0.15) is 0 Å². The summed E-state index contributed by atoms with van der Waals surface area (Å²) in [6.45, 7) is -0.0118. The molecule has 1 rings (SSSR count). The highest BCUT2D eigenvalue weighted by Crippen LogP contribution is 2.21. The first-order valence-electron chi connectivity index (χ1n) is 4.77. The van der Waals surface area contributed by atoms with E-state index >= 15 is 0 Å². The maximum Gasteiger partial charge on any atom is 0.340 e. The molecule has 0 fully saturated rings. The first-order valence-corrected chi connectivity index (χ1v) is 5.56. The number of carbonyl (C=O) groups is 2. The molecule has 0 aliphatic carbocycles. The Hall–Kier alpha value is -1.56. The van der Waals surface area contributed by atoms with Crippen LogP contribution in [0.3, 0.4) is 0 Å². The van der Waals surface area contributed by atoms with Crippen molar-refractivity contribution in [3.05, 3.63) is 28.2 Å². The van der Waals surface area contributed by atoms with Gasteiger partial charge in [0.2, 0.25) is 0 Å². The van der Waals surface area contributed by atoms with Gasteiger partial charge in [0.05, 0.1) is 19.8 Å². The van der Waals surface area contributed by atoms with Gasteiger partial charge in [0.25, 0.3) is 0 Å². The smallest absolute Gasteiger partial charge is 0.340 e. The Morgan fingerprint density at radius 2 is 2.00 bits per heavy atom. The van der Waals surface area contributed by atoms with Crippen molar-refractivity contribution in [2.75, 3.05) is 26.1 Å². The van der Waals surface area contributed by atoms with E-state index in [1.54, 1.807) is 18.2 Å². The largest absolute Gasteiger partial charge is 0.468 e. The lowest BCUT2D eigenvalue weighted by Crippen LogP contribution is -2.17. The summed E-state index contributed by atoms with van der Waals surface area (Å²) in [4.78, 5) is 22.5. The third-order valence-electron chi connectivity index (χ3n) is 2.04. The summed E-state index contributed by atoms with van der Waals surface area (Å²) >= 11 is 3.26. The van der Waals surface area contributed by atoms with Crippen LogP contribution in [0.4, 0.5) is 5.69 Å². The fourth-order valence-electron chi connectivity index (χ4n) is 1.19. The van der Waals surface area contributed by atoms with E-state index in [-0.39, 0.29) is 6.54 Å². The number of methoxy groups -OCH3 is 2. The molecule has 0 saturated heterocycles. The average molecular weight is 302 g/mol. The second-order valence-electron chi connectivity index (χ2n) is 3.11. The summed E-state index contributed by atoms with van der Waals surface area (Å²) in [5.74, 6) is -0.887. The second kappa shape index (κ2) is 6.24. The van der Waals surface area contributed by atoms with Crippen molar-refractivity contribution in [2.45, 2.75) is 0 Å². The van der Waals surface area contributed by atoms with Gasteiger partial charge < -0.3 is 14.8 Å². The molecule has 1 aromatic carbocycles. The van der Waals surface area contributed by atoms with Crippen molar-refractivity contribution < 1.29 is 19.1 Å². The van der Waals surface area contributed by atoms with Crippen molar-refractivity contribution in [1.29, 1.82) is 0 Å². The summed E-state index contributed by atoms with van der Waals surface area (Å²) in [7, 11) is 2.60. The molecule has 0 radical (unpaired) electrons. The Morgan fingerprint density at radius 3 is 2.59 bits per heavy atom. The van der Waals surface area contributed by atoms with E-state index in [0.29, 0.717) is 11.3 Å². The third-order valence-corrected chi connectivity index (χ3v) is 2.53. The molecule has 0 spiro atoms. The number of esters is 2. The number of benzene rings is 1. The summed E-state index contributed by atoms with van der Waals surface area (Å²) < 4.78 is 9.90. The molecule has 1 N–H and O–H groups in total. The van der Waals surface area contributed by atoms with E-state index in [1.165, 1.54) is 14.2 Å². The normalized spacial score (nSPS) is 9.59. The van der Waals surface area contributed by atoms with E-state index in [9.17, 15) is 9.59 Å². The zero-order valence-electron chi connectivity index (χ0n) is 9.45. The van der Waals surface area contributed by atoms with Crippen LogP contribution in [-0.4, -0.2) is 32.7 Å². The zero-order chi connectivity index (χ0) is 12.8. The summed E-state index contributed by atoms with van der Waals surface area (Å²) in [6.07, 6.45) is 0. The van der Waals surface area contributed by atoms with Gasteiger partial charge in [-0.15, -0.1) is 0 Å². The van der Waals surface area contributed by atoms with Crippen molar-refractivity contribution in [1.82, 2.24) is 0 Å². The molecule has 0 amide bonds. The van der Waals surface area contributed by atoms with Crippen LogP contribution >= 0.6 is 15.9 Å². The molecule has 17 heavy (non-hydrogen) atoms. The van der Waals surface area contributed by atoms with Crippen molar-refractivity contribution in [2.24, 2.45) is 0 Å². The van der Waals surface area contributed by atoms with Crippen LogP contribution in [0.25, 0.3) is 0 Å². The van der Waals surface area contributed by atoms with Crippen LogP contribution in [0, 0.1) is 0 Å². The fraction of sp³-hybridized carbons (Fsp3) is 0.273. The van der Waals surface area contributed by atoms with Crippen LogP contribution in [0.5, 0.6) is 0 Å². The molecule has 92 valence electrons. The van der Waals surface area contributed by atoms with Gasteiger partial charge in [-0.25, -0.2) is 4.79 Å². The van der Waals surface area contributed by atoms with E-state index in [2.05, 4.69) is 30.7 Å². The Kier molecular flexibility index (Phi) is 4.96. The summed E-state index contributed by atoms with van der Waals surface area (Å²) in [5, 5.41) is 2.81. The molecule has 0 bridgehead atoms. The molecule has 6 heteroatoms. The molecule has 1 aromatic rings. The van der Waals surface area contributed by atoms with Gasteiger partial charge in [-0.3, -0.25) is 4.79 Å².